The SMILES string of the molecule is CC[N-]CC.CC[N-]CC.CNCCC1C=CC=C1.[Hf]. The Balaban J connectivity index is -0.000000230. The molecule has 0 aromatic heterocycles. The monoisotopic (exact) mass is 447 g/mol. The van der Waals surface area contributed by atoms with Gasteiger partial charge in [-0.15, -0.1) is 0 Å². The van der Waals surface area contributed by atoms with Crippen LogP contribution in [0.1, 0.15) is 34.1 Å². The van der Waals surface area contributed by atoms with Gasteiger partial charge in [-0.25, -0.2) is 0 Å². The molecule has 3 nitrogen and oxygen atoms in total. The van der Waals surface area contributed by atoms with Gasteiger partial charge in [0, 0.05) is 25.8 Å². The number of nitrogens with zero attached hydrogens (tertiary/aromatic N) is 2. The second-order valence-electron chi connectivity index (χ2n) is 4.04. The molecule has 4 heteroatoms. The molecular weight excluding hydrogens is 413 g/mol. The van der Waals surface area contributed by atoms with Gasteiger partial charge in [0.25, 0.3) is 0 Å². The van der Waals surface area contributed by atoms with Gasteiger partial charge in [0.05, 0.1) is 0 Å². The second kappa shape index (κ2) is 24.3. The zero-order chi connectivity index (χ0) is 14.8. The van der Waals surface area contributed by atoms with Crippen LogP contribution < -0.4 is 5.32 Å². The summed E-state index contributed by atoms with van der Waals surface area (Å²) >= 11 is 0. The van der Waals surface area contributed by atoms with E-state index in [0.717, 1.165) is 32.7 Å². The summed E-state index contributed by atoms with van der Waals surface area (Å²) in [6, 6.07) is 0. The van der Waals surface area contributed by atoms with E-state index in [2.05, 4.69) is 40.3 Å². The van der Waals surface area contributed by atoms with Crippen molar-refractivity contribution in [2.24, 2.45) is 5.92 Å². The number of rotatable bonds is 7. The standard InChI is InChI=1S/C8H13N.2C4H10N.Hf/c1-9-7-6-8-4-2-3-5-8;2*1-3-5-4-2;/h2-5,8-9H,6-7H2,1H3;2*3-4H2,1-2H3;/q;2*-1;. The van der Waals surface area contributed by atoms with Crippen molar-refractivity contribution in [2.75, 3.05) is 39.8 Å². The number of hydrogen-bond acceptors (Lipinski definition) is 1. The fourth-order valence-corrected chi connectivity index (χ4v) is 1.43. The van der Waals surface area contributed by atoms with Crippen molar-refractivity contribution in [2.45, 2.75) is 34.1 Å². The summed E-state index contributed by atoms with van der Waals surface area (Å²) in [7, 11) is 1.99. The molecule has 1 aliphatic rings. The van der Waals surface area contributed by atoms with E-state index < -0.39 is 0 Å². The topological polar surface area (TPSA) is 40.2 Å². The van der Waals surface area contributed by atoms with Gasteiger partial charge in [-0.3, -0.25) is 0 Å². The van der Waals surface area contributed by atoms with Crippen LogP contribution in [0.5, 0.6) is 0 Å². The second-order valence-corrected chi connectivity index (χ2v) is 4.04. The first-order valence-corrected chi connectivity index (χ1v) is 7.52. The van der Waals surface area contributed by atoms with Gasteiger partial charge in [0.2, 0.25) is 0 Å². The Morgan fingerprint density at radius 1 is 0.850 bits per heavy atom. The maximum absolute atomic E-state index is 3.97. The van der Waals surface area contributed by atoms with Crippen LogP contribution in [0, 0.1) is 5.92 Å². The van der Waals surface area contributed by atoms with Crippen LogP contribution in [-0.4, -0.2) is 39.8 Å². The Hall–Kier alpha value is 0.230. The van der Waals surface area contributed by atoms with E-state index in [0.29, 0.717) is 5.92 Å². The summed E-state index contributed by atoms with van der Waals surface area (Å²) in [4.78, 5) is 0. The van der Waals surface area contributed by atoms with Crippen LogP contribution in [0.3, 0.4) is 0 Å². The van der Waals surface area contributed by atoms with Crippen LogP contribution >= 0.6 is 0 Å². The van der Waals surface area contributed by atoms with E-state index in [1.54, 1.807) is 0 Å². The molecule has 0 spiro atoms. The third kappa shape index (κ3) is 23.3. The van der Waals surface area contributed by atoms with Crippen molar-refractivity contribution in [1.82, 2.24) is 5.32 Å². The molecule has 0 fully saturated rings. The predicted octanol–water partition coefficient (Wildman–Crippen LogP) is 4.14. The van der Waals surface area contributed by atoms with E-state index in [9.17, 15) is 0 Å². The Bertz CT molecular complexity index is 184. The first-order valence-electron chi connectivity index (χ1n) is 7.52. The van der Waals surface area contributed by atoms with Crippen LogP contribution in [-0.2, 0) is 25.8 Å². The van der Waals surface area contributed by atoms with Crippen molar-refractivity contribution in [3.63, 3.8) is 0 Å². The summed E-state index contributed by atoms with van der Waals surface area (Å²) in [5.41, 5.74) is 0. The average Bonchev–Trinajstić information content (AvgIpc) is 2.93. The normalized spacial score (nSPS) is 12.1. The molecule has 1 aliphatic carbocycles. The molecule has 118 valence electrons. The van der Waals surface area contributed by atoms with E-state index in [1.807, 2.05) is 34.7 Å². The summed E-state index contributed by atoms with van der Waals surface area (Å²) in [5, 5.41) is 11.1. The Morgan fingerprint density at radius 3 is 1.50 bits per heavy atom. The maximum atomic E-state index is 3.97. The molecular formula is C16H33HfN3-2. The molecule has 0 aliphatic heterocycles. The molecule has 1 rings (SSSR count). The van der Waals surface area contributed by atoms with Crippen molar-refractivity contribution in [1.29, 1.82) is 0 Å². The fraction of sp³-hybridized carbons (Fsp3) is 0.750. The third-order valence-corrected chi connectivity index (χ3v) is 2.45. The largest absolute Gasteiger partial charge is 0.663 e. The molecule has 20 heavy (non-hydrogen) atoms. The number of hydrogen-bond donors (Lipinski definition) is 1. The first-order chi connectivity index (χ1) is 9.26. The molecule has 0 aromatic carbocycles. The van der Waals surface area contributed by atoms with Gasteiger partial charge in [-0.05, 0) is 25.9 Å². The van der Waals surface area contributed by atoms with Crippen molar-refractivity contribution in [3.05, 3.63) is 34.9 Å². The predicted molar refractivity (Wildman–Crippen MR) is 89.2 cm³/mol. The van der Waals surface area contributed by atoms with Gasteiger partial charge < -0.3 is 16.0 Å². The molecule has 0 amide bonds. The third-order valence-electron chi connectivity index (χ3n) is 2.45. The zero-order valence-electron chi connectivity index (χ0n) is 14.0. The van der Waals surface area contributed by atoms with Crippen molar-refractivity contribution >= 4 is 0 Å². The van der Waals surface area contributed by atoms with E-state index in [-0.39, 0.29) is 25.8 Å². The minimum atomic E-state index is 0. The van der Waals surface area contributed by atoms with E-state index in [4.69, 9.17) is 0 Å². The zero-order valence-corrected chi connectivity index (χ0v) is 17.6. The summed E-state index contributed by atoms with van der Waals surface area (Å²) in [5.74, 6) is 0.692. The van der Waals surface area contributed by atoms with Crippen LogP contribution in [0.25, 0.3) is 10.6 Å². The molecule has 0 heterocycles. The van der Waals surface area contributed by atoms with Gasteiger partial charge in [0.15, 0.2) is 0 Å². The maximum Gasteiger partial charge on any atom is 0 e. The summed E-state index contributed by atoms with van der Waals surface area (Å²) < 4.78 is 0. The van der Waals surface area contributed by atoms with E-state index >= 15 is 0 Å². The van der Waals surface area contributed by atoms with Gasteiger partial charge >= 0.3 is 0 Å². The summed E-state index contributed by atoms with van der Waals surface area (Å²) in [6.07, 6.45) is 9.92. The summed E-state index contributed by atoms with van der Waals surface area (Å²) in [6.45, 7) is 13.2. The molecule has 0 saturated carbocycles. The Morgan fingerprint density at radius 2 is 1.25 bits per heavy atom. The van der Waals surface area contributed by atoms with Crippen LogP contribution in [0.15, 0.2) is 24.3 Å². The molecule has 0 aromatic rings. The van der Waals surface area contributed by atoms with Gasteiger partial charge in [-0.1, -0.05) is 52.0 Å². The molecule has 1 N–H and O–H groups in total. The Kier molecular flexibility index (Phi) is 30.6. The Labute approximate surface area is 145 Å². The molecule has 0 radical (unpaired) electrons. The minimum Gasteiger partial charge on any atom is -0.663 e. The smallest absolute Gasteiger partial charge is 0 e. The minimum absolute atomic E-state index is 0. The van der Waals surface area contributed by atoms with Gasteiger partial charge in [-0.2, -0.15) is 26.2 Å². The van der Waals surface area contributed by atoms with Crippen molar-refractivity contribution < 1.29 is 25.8 Å². The van der Waals surface area contributed by atoms with Crippen LogP contribution in [0.2, 0.25) is 0 Å². The quantitative estimate of drug-likeness (QED) is 0.588. The first kappa shape index (κ1) is 25.2. The van der Waals surface area contributed by atoms with Gasteiger partial charge in [0.1, 0.15) is 0 Å². The fourth-order valence-electron chi connectivity index (χ4n) is 1.43. The molecule has 0 saturated heterocycles. The van der Waals surface area contributed by atoms with E-state index in [1.165, 1.54) is 6.42 Å². The number of allylic oxidation sites excluding steroid dienone is 4. The molecule has 0 bridgehead atoms. The molecule has 0 atom stereocenters. The number of nitrogens with one attached hydrogen (secondary N) is 1. The van der Waals surface area contributed by atoms with Crippen LogP contribution in [0.4, 0.5) is 0 Å². The van der Waals surface area contributed by atoms with Crippen molar-refractivity contribution in [3.8, 4) is 0 Å². The molecule has 0 unspecified atom stereocenters. The average molecular weight is 446 g/mol.